The Kier molecular flexibility index (Phi) is 4.76. The second-order valence-electron chi connectivity index (χ2n) is 5.83. The molecule has 2 aromatic carbocycles. The van der Waals surface area contributed by atoms with Gasteiger partial charge in [0.05, 0.1) is 12.7 Å². The second-order valence-corrected chi connectivity index (χ2v) is 6.55. The smallest absolute Gasteiger partial charge is 0.231 e. The van der Waals surface area contributed by atoms with E-state index >= 15 is 0 Å². The number of hydrogen-bond donors (Lipinski definition) is 0. The highest BCUT2D eigenvalue weighted by Crippen LogP contribution is 2.36. The maximum absolute atomic E-state index is 6.60. The Labute approximate surface area is 161 Å². The van der Waals surface area contributed by atoms with Crippen LogP contribution in [0.25, 0.3) is 5.57 Å². The molecular weight excluding hydrogens is 375 g/mol. The third kappa shape index (κ3) is 3.14. The number of hydrogen-bond acceptors (Lipinski definition) is 5. The number of aliphatic imine (C=N–C) groups is 1. The van der Waals surface area contributed by atoms with Crippen LogP contribution in [-0.4, -0.2) is 30.3 Å². The molecule has 0 saturated carbocycles. The first-order chi connectivity index (χ1) is 12.7. The molecule has 134 valence electrons. The number of ether oxygens (including phenoxy) is 2. The Hall–Kier alpha value is -2.21. The van der Waals surface area contributed by atoms with Crippen molar-refractivity contribution in [3.63, 3.8) is 0 Å². The molecule has 1 unspecified atom stereocenters. The van der Waals surface area contributed by atoms with E-state index in [-0.39, 0.29) is 13.0 Å². The Morgan fingerprint density at radius 2 is 1.88 bits per heavy atom. The molecule has 4 rings (SSSR count). The fraction of sp³-hybridized carbons (Fsp3) is 0.211. The molecule has 0 saturated heterocycles. The van der Waals surface area contributed by atoms with Gasteiger partial charge in [-0.3, -0.25) is 4.84 Å². The van der Waals surface area contributed by atoms with E-state index in [9.17, 15) is 0 Å². The van der Waals surface area contributed by atoms with Crippen LogP contribution in [0.1, 0.15) is 11.1 Å². The summed E-state index contributed by atoms with van der Waals surface area (Å²) in [5, 5.41) is 2.34. The van der Waals surface area contributed by atoms with Crippen molar-refractivity contribution in [3.05, 3.63) is 64.8 Å². The fourth-order valence-corrected chi connectivity index (χ4v) is 3.77. The highest BCUT2D eigenvalue weighted by atomic mass is 35.5. The van der Waals surface area contributed by atoms with E-state index in [1.165, 1.54) is 0 Å². The topological polar surface area (TPSA) is 43.3 Å². The van der Waals surface area contributed by atoms with E-state index in [4.69, 9.17) is 37.5 Å². The van der Waals surface area contributed by atoms with Crippen LogP contribution < -0.4 is 9.47 Å². The monoisotopic (exact) mass is 390 g/mol. The van der Waals surface area contributed by atoms with Crippen LogP contribution >= 0.6 is 23.2 Å². The molecule has 2 aromatic rings. The molecule has 7 heteroatoms. The summed E-state index contributed by atoms with van der Waals surface area (Å²) in [7, 11) is 1.56. The van der Waals surface area contributed by atoms with E-state index < -0.39 is 0 Å². The molecule has 0 aromatic heterocycles. The lowest BCUT2D eigenvalue weighted by atomic mass is 10.1. The van der Waals surface area contributed by atoms with Gasteiger partial charge in [-0.25, -0.2) is 10.1 Å². The molecule has 2 heterocycles. The number of rotatable bonds is 4. The SMILES string of the molecule is CON1C(Cl)=C(c2ccccc2)C(Cl)=NC1Cc1ccc2c(c1)OCO2. The van der Waals surface area contributed by atoms with Gasteiger partial charge < -0.3 is 9.47 Å². The van der Waals surface area contributed by atoms with E-state index in [0.29, 0.717) is 22.3 Å². The highest BCUT2D eigenvalue weighted by molar-refractivity contribution is 6.77. The predicted octanol–water partition coefficient (Wildman–Crippen LogP) is 4.41. The van der Waals surface area contributed by atoms with Crippen LogP contribution in [-0.2, 0) is 11.3 Å². The van der Waals surface area contributed by atoms with E-state index in [2.05, 4.69) is 4.99 Å². The van der Waals surface area contributed by atoms with E-state index in [0.717, 1.165) is 22.6 Å². The largest absolute Gasteiger partial charge is 0.454 e. The van der Waals surface area contributed by atoms with Crippen LogP contribution in [0, 0.1) is 0 Å². The molecule has 2 aliphatic rings. The summed E-state index contributed by atoms with van der Waals surface area (Å²) in [6, 6.07) is 15.4. The molecule has 0 fully saturated rings. The third-order valence-electron chi connectivity index (χ3n) is 4.25. The van der Waals surface area contributed by atoms with Crippen molar-refractivity contribution in [2.45, 2.75) is 12.6 Å². The van der Waals surface area contributed by atoms with Gasteiger partial charge in [0.2, 0.25) is 6.79 Å². The van der Waals surface area contributed by atoms with Crippen LogP contribution in [0.15, 0.2) is 58.7 Å². The first-order valence-corrected chi connectivity index (χ1v) is 8.83. The number of allylic oxidation sites excluding steroid dienone is 1. The minimum absolute atomic E-state index is 0.241. The zero-order chi connectivity index (χ0) is 18.1. The van der Waals surface area contributed by atoms with Gasteiger partial charge >= 0.3 is 0 Å². The highest BCUT2D eigenvalue weighted by Gasteiger charge is 2.30. The maximum Gasteiger partial charge on any atom is 0.231 e. The number of halogens is 2. The number of hydroxylamine groups is 2. The second kappa shape index (κ2) is 7.19. The Bertz CT molecular complexity index is 884. The van der Waals surface area contributed by atoms with Crippen LogP contribution in [0.2, 0.25) is 0 Å². The summed E-state index contributed by atoms with van der Waals surface area (Å²) in [6.45, 7) is 0.241. The van der Waals surface area contributed by atoms with E-state index in [1.807, 2.05) is 48.5 Å². The molecule has 0 N–H and O–H groups in total. The Morgan fingerprint density at radius 3 is 2.65 bits per heavy atom. The van der Waals surface area contributed by atoms with Crippen molar-refractivity contribution in [2.75, 3.05) is 13.9 Å². The molecular formula is C19H16Cl2N2O3. The third-order valence-corrected chi connectivity index (χ3v) is 4.90. The summed E-state index contributed by atoms with van der Waals surface area (Å²) in [6.07, 6.45) is 0.173. The molecule has 2 aliphatic heterocycles. The van der Waals surface area contributed by atoms with Crippen molar-refractivity contribution >= 4 is 33.9 Å². The van der Waals surface area contributed by atoms with Gasteiger partial charge in [-0.1, -0.05) is 59.6 Å². The molecule has 0 spiro atoms. The fourth-order valence-electron chi connectivity index (χ4n) is 3.03. The van der Waals surface area contributed by atoms with Gasteiger partial charge in [0.15, 0.2) is 17.7 Å². The molecule has 1 atom stereocenters. The molecule has 0 bridgehead atoms. The molecule has 0 aliphatic carbocycles. The molecule has 5 nitrogen and oxygen atoms in total. The number of fused-ring (bicyclic) bond motifs is 1. The van der Waals surface area contributed by atoms with Crippen LogP contribution in [0.3, 0.4) is 0 Å². The van der Waals surface area contributed by atoms with Gasteiger partial charge in [0, 0.05) is 6.42 Å². The van der Waals surface area contributed by atoms with Gasteiger partial charge in [-0.15, -0.1) is 0 Å². The average molecular weight is 391 g/mol. The molecule has 0 amide bonds. The van der Waals surface area contributed by atoms with Gasteiger partial charge in [-0.05, 0) is 23.3 Å². The van der Waals surface area contributed by atoms with Gasteiger partial charge in [0.25, 0.3) is 0 Å². The first-order valence-electron chi connectivity index (χ1n) is 8.08. The van der Waals surface area contributed by atoms with Crippen LogP contribution in [0.5, 0.6) is 11.5 Å². The standard InChI is InChI=1S/C19H16Cl2N2O3/c1-24-23-16(10-12-7-8-14-15(9-12)26-11-25-14)22-18(20)17(19(23)21)13-5-3-2-4-6-13/h2-9,16H,10-11H2,1H3. The number of nitrogens with zero attached hydrogens (tertiary/aromatic N) is 2. The average Bonchev–Trinajstić information content (AvgIpc) is 3.10. The zero-order valence-electron chi connectivity index (χ0n) is 14.0. The predicted molar refractivity (Wildman–Crippen MR) is 101 cm³/mol. The van der Waals surface area contributed by atoms with Gasteiger partial charge in [-0.2, -0.15) is 0 Å². The van der Waals surface area contributed by atoms with Gasteiger partial charge in [0.1, 0.15) is 10.3 Å². The van der Waals surface area contributed by atoms with E-state index in [1.54, 1.807) is 12.2 Å². The molecule has 26 heavy (non-hydrogen) atoms. The lowest BCUT2D eigenvalue weighted by molar-refractivity contribution is -0.122. The van der Waals surface area contributed by atoms with Crippen molar-refractivity contribution in [1.82, 2.24) is 5.06 Å². The lowest BCUT2D eigenvalue weighted by Gasteiger charge is -2.32. The Balaban J connectivity index is 1.63. The minimum atomic E-state index is -0.382. The Morgan fingerprint density at radius 1 is 1.12 bits per heavy atom. The normalized spacial score (nSPS) is 19.0. The minimum Gasteiger partial charge on any atom is -0.454 e. The van der Waals surface area contributed by atoms with Crippen molar-refractivity contribution in [1.29, 1.82) is 0 Å². The van der Waals surface area contributed by atoms with Crippen molar-refractivity contribution in [3.8, 4) is 11.5 Å². The zero-order valence-corrected chi connectivity index (χ0v) is 15.5. The molecule has 0 radical (unpaired) electrons. The number of benzene rings is 2. The quantitative estimate of drug-likeness (QED) is 0.725. The maximum atomic E-state index is 6.60. The summed E-state index contributed by atoms with van der Waals surface area (Å²) >= 11 is 13.1. The summed E-state index contributed by atoms with van der Waals surface area (Å²) in [5.41, 5.74) is 2.55. The van der Waals surface area contributed by atoms with Crippen LogP contribution in [0.4, 0.5) is 0 Å². The van der Waals surface area contributed by atoms with Crippen molar-refractivity contribution < 1.29 is 14.3 Å². The lowest BCUT2D eigenvalue weighted by Crippen LogP contribution is -2.37. The first kappa shape index (κ1) is 17.2. The summed E-state index contributed by atoms with van der Waals surface area (Å²) in [4.78, 5) is 10.1. The summed E-state index contributed by atoms with van der Waals surface area (Å²) in [5.74, 6) is 1.47. The summed E-state index contributed by atoms with van der Waals surface area (Å²) < 4.78 is 10.8. The van der Waals surface area contributed by atoms with Crippen molar-refractivity contribution in [2.24, 2.45) is 4.99 Å².